The molecule has 2 rings (SSSR count). The molecule has 144 valence electrons. The number of hydrogen-bond donors (Lipinski definition) is 2. The summed E-state index contributed by atoms with van der Waals surface area (Å²) < 4.78 is 0. The minimum absolute atomic E-state index is 0. The van der Waals surface area contributed by atoms with E-state index in [0.717, 1.165) is 6.42 Å². The molecule has 1 saturated heterocycles. The summed E-state index contributed by atoms with van der Waals surface area (Å²) in [5.74, 6) is -0.321. The number of nitro benzene ring substituents is 1. The minimum Gasteiger partial charge on any atom is -0.320 e. The van der Waals surface area contributed by atoms with Crippen LogP contribution in [0.15, 0.2) is 24.3 Å². The second-order valence-electron chi connectivity index (χ2n) is 6.05. The van der Waals surface area contributed by atoms with E-state index in [-0.39, 0.29) is 35.6 Å². The summed E-state index contributed by atoms with van der Waals surface area (Å²) in [4.78, 5) is 35.6. The molecule has 3 N–H and O–H groups in total. The van der Waals surface area contributed by atoms with Gasteiger partial charge < -0.3 is 11.1 Å². The molecule has 0 spiro atoms. The van der Waals surface area contributed by atoms with Gasteiger partial charge in [-0.15, -0.1) is 12.4 Å². The molecule has 1 unspecified atom stereocenters. The van der Waals surface area contributed by atoms with E-state index in [0.29, 0.717) is 19.5 Å². The number of carbonyl (C=O) groups excluding carboxylic acids is 2. The van der Waals surface area contributed by atoms with Gasteiger partial charge in [0.05, 0.1) is 11.0 Å². The average Bonchev–Trinajstić information content (AvgIpc) is 3.09. The van der Waals surface area contributed by atoms with Crippen LogP contribution >= 0.6 is 12.4 Å². The Morgan fingerprint density at radius 1 is 1.31 bits per heavy atom. The third-order valence-electron chi connectivity index (χ3n) is 4.40. The number of halogens is 1. The molecule has 0 aliphatic carbocycles. The highest BCUT2D eigenvalue weighted by Crippen LogP contribution is 2.24. The van der Waals surface area contributed by atoms with Crippen LogP contribution in [0.3, 0.4) is 0 Å². The van der Waals surface area contributed by atoms with Crippen molar-refractivity contribution in [2.75, 3.05) is 18.4 Å². The van der Waals surface area contributed by atoms with E-state index >= 15 is 0 Å². The highest BCUT2D eigenvalue weighted by atomic mass is 35.5. The van der Waals surface area contributed by atoms with Crippen LogP contribution < -0.4 is 11.1 Å². The standard InChI is InChI=1S/C16H23N5O4.ClH/c1-3-11(2)14(17)15(22)19-9-6-10-20(19)16(23)18-12-7-4-5-8-13(12)21(24)25;/h4-5,7-8,11,14H,3,6,9-10,17H2,1-2H3,(H,18,23);1H/t11?,14-;/m0./s1. The first-order valence-electron chi connectivity index (χ1n) is 8.25. The first-order valence-corrected chi connectivity index (χ1v) is 8.25. The smallest absolute Gasteiger partial charge is 0.320 e. The maximum atomic E-state index is 12.6. The Bertz CT molecular complexity index is 672. The molecule has 26 heavy (non-hydrogen) atoms. The number of nitro groups is 1. The maximum absolute atomic E-state index is 12.6. The molecule has 1 aromatic rings. The fourth-order valence-corrected chi connectivity index (χ4v) is 2.64. The van der Waals surface area contributed by atoms with Crippen molar-refractivity contribution in [2.24, 2.45) is 11.7 Å². The van der Waals surface area contributed by atoms with E-state index in [4.69, 9.17) is 5.73 Å². The van der Waals surface area contributed by atoms with E-state index < -0.39 is 17.0 Å². The quantitative estimate of drug-likeness (QED) is 0.595. The predicted octanol–water partition coefficient (Wildman–Crippen LogP) is 2.37. The van der Waals surface area contributed by atoms with Crippen LogP contribution in [0.1, 0.15) is 26.7 Å². The van der Waals surface area contributed by atoms with E-state index in [1.807, 2.05) is 13.8 Å². The van der Waals surface area contributed by atoms with Crippen molar-refractivity contribution in [1.29, 1.82) is 0 Å². The highest BCUT2D eigenvalue weighted by molar-refractivity contribution is 5.94. The van der Waals surface area contributed by atoms with Crippen LogP contribution in [-0.2, 0) is 4.79 Å². The molecule has 0 radical (unpaired) electrons. The molecule has 1 aromatic carbocycles. The zero-order chi connectivity index (χ0) is 18.6. The van der Waals surface area contributed by atoms with Crippen molar-refractivity contribution >= 4 is 35.7 Å². The third kappa shape index (κ3) is 4.61. The summed E-state index contributed by atoms with van der Waals surface area (Å²) in [7, 11) is 0. The number of anilines is 1. The Labute approximate surface area is 158 Å². The van der Waals surface area contributed by atoms with Gasteiger partial charge in [-0.2, -0.15) is 0 Å². The topological polar surface area (TPSA) is 122 Å². The summed E-state index contributed by atoms with van der Waals surface area (Å²) in [6.07, 6.45) is 1.38. The summed E-state index contributed by atoms with van der Waals surface area (Å²) >= 11 is 0. The Morgan fingerprint density at radius 2 is 1.92 bits per heavy atom. The van der Waals surface area contributed by atoms with Crippen LogP contribution in [0.25, 0.3) is 0 Å². The van der Waals surface area contributed by atoms with Crippen molar-refractivity contribution in [1.82, 2.24) is 10.0 Å². The normalized spacial score (nSPS) is 15.8. The Morgan fingerprint density at radius 3 is 2.54 bits per heavy atom. The van der Waals surface area contributed by atoms with Crippen LogP contribution in [-0.4, -0.2) is 46.0 Å². The van der Waals surface area contributed by atoms with Crippen LogP contribution in [0, 0.1) is 16.0 Å². The van der Waals surface area contributed by atoms with E-state index in [2.05, 4.69) is 5.32 Å². The van der Waals surface area contributed by atoms with Gasteiger partial charge in [-0.1, -0.05) is 32.4 Å². The molecule has 0 bridgehead atoms. The summed E-state index contributed by atoms with van der Waals surface area (Å²) in [5.41, 5.74) is 5.87. The molecule has 0 saturated carbocycles. The summed E-state index contributed by atoms with van der Waals surface area (Å²) in [6, 6.07) is 4.59. The maximum Gasteiger partial charge on any atom is 0.340 e. The minimum atomic E-state index is -0.690. The first-order chi connectivity index (χ1) is 11.9. The lowest BCUT2D eigenvalue weighted by molar-refractivity contribution is -0.383. The van der Waals surface area contributed by atoms with E-state index in [1.54, 1.807) is 6.07 Å². The van der Waals surface area contributed by atoms with Crippen LogP contribution in [0.2, 0.25) is 0 Å². The Hall–Kier alpha value is -2.39. The first kappa shape index (κ1) is 21.7. The van der Waals surface area contributed by atoms with Gasteiger partial charge in [0.1, 0.15) is 5.69 Å². The number of para-hydroxylation sites is 2. The van der Waals surface area contributed by atoms with Gasteiger partial charge in [0.15, 0.2) is 0 Å². The fraction of sp³-hybridized carbons (Fsp3) is 0.500. The van der Waals surface area contributed by atoms with Crippen LogP contribution in [0.5, 0.6) is 0 Å². The molecular weight excluding hydrogens is 362 g/mol. The Balaban J connectivity index is 0.00000338. The number of benzene rings is 1. The average molecular weight is 386 g/mol. The van der Waals surface area contributed by atoms with Crippen molar-refractivity contribution in [3.8, 4) is 0 Å². The molecular formula is C16H24ClN5O4. The van der Waals surface area contributed by atoms with Crippen molar-refractivity contribution < 1.29 is 14.5 Å². The zero-order valence-corrected chi connectivity index (χ0v) is 15.6. The SMILES string of the molecule is CCC(C)[C@H](N)C(=O)N1CCCN1C(=O)Nc1ccccc1[N+](=O)[O-].Cl. The number of urea groups is 1. The number of amides is 3. The van der Waals surface area contributed by atoms with E-state index in [1.165, 1.54) is 28.2 Å². The highest BCUT2D eigenvalue weighted by Gasteiger charge is 2.35. The van der Waals surface area contributed by atoms with Gasteiger partial charge in [0, 0.05) is 19.2 Å². The van der Waals surface area contributed by atoms with Crippen molar-refractivity contribution in [2.45, 2.75) is 32.7 Å². The van der Waals surface area contributed by atoms with Crippen molar-refractivity contribution in [3.05, 3.63) is 34.4 Å². The number of nitrogens with one attached hydrogen (secondary N) is 1. The number of hydrogen-bond acceptors (Lipinski definition) is 5. The molecule has 1 aliphatic heterocycles. The second-order valence-corrected chi connectivity index (χ2v) is 6.05. The lowest BCUT2D eigenvalue weighted by Gasteiger charge is -2.31. The summed E-state index contributed by atoms with van der Waals surface area (Å²) in [6.45, 7) is 4.58. The zero-order valence-electron chi connectivity index (χ0n) is 14.8. The predicted molar refractivity (Wildman–Crippen MR) is 99.8 cm³/mol. The Kier molecular flexibility index (Phi) is 7.78. The monoisotopic (exact) mass is 385 g/mol. The fourth-order valence-electron chi connectivity index (χ4n) is 2.64. The molecule has 0 aromatic heterocycles. The molecule has 9 nitrogen and oxygen atoms in total. The van der Waals surface area contributed by atoms with Gasteiger partial charge in [0.25, 0.3) is 11.6 Å². The number of carbonyl (C=O) groups is 2. The lowest BCUT2D eigenvalue weighted by Crippen LogP contribution is -2.53. The van der Waals surface area contributed by atoms with Gasteiger partial charge in [-0.25, -0.2) is 14.8 Å². The van der Waals surface area contributed by atoms with Crippen LogP contribution in [0.4, 0.5) is 16.2 Å². The van der Waals surface area contributed by atoms with Gasteiger partial charge in [-0.3, -0.25) is 14.9 Å². The van der Waals surface area contributed by atoms with Gasteiger partial charge in [-0.05, 0) is 18.4 Å². The molecule has 3 amide bonds. The number of rotatable bonds is 5. The van der Waals surface area contributed by atoms with E-state index in [9.17, 15) is 19.7 Å². The largest absolute Gasteiger partial charge is 0.340 e. The molecule has 10 heteroatoms. The van der Waals surface area contributed by atoms with Gasteiger partial charge in [0.2, 0.25) is 0 Å². The molecule has 2 atom stereocenters. The van der Waals surface area contributed by atoms with Gasteiger partial charge >= 0.3 is 6.03 Å². The van der Waals surface area contributed by atoms with Crippen molar-refractivity contribution in [3.63, 3.8) is 0 Å². The summed E-state index contributed by atoms with van der Waals surface area (Å²) in [5, 5.41) is 16.2. The number of nitrogens with two attached hydrogens (primary N) is 1. The lowest BCUT2D eigenvalue weighted by atomic mass is 9.99. The third-order valence-corrected chi connectivity index (χ3v) is 4.40. The number of nitrogens with zero attached hydrogens (tertiary/aromatic N) is 3. The molecule has 1 aliphatic rings. The molecule has 1 heterocycles. The molecule has 1 fully saturated rings. The number of hydrazine groups is 1. The second kappa shape index (κ2) is 9.35.